The lowest BCUT2D eigenvalue weighted by Gasteiger charge is -2.50. The first-order chi connectivity index (χ1) is 12.2. The van der Waals surface area contributed by atoms with Crippen LogP contribution in [-0.2, 0) is 9.53 Å². The first-order valence-corrected chi connectivity index (χ1v) is 8.40. The van der Waals surface area contributed by atoms with Gasteiger partial charge in [0.15, 0.2) is 5.58 Å². The van der Waals surface area contributed by atoms with Gasteiger partial charge in [0.25, 0.3) is 6.01 Å². The number of halogens is 4. The molecule has 2 N–H and O–H groups in total. The highest BCUT2D eigenvalue weighted by Gasteiger charge is 2.60. The van der Waals surface area contributed by atoms with Crippen LogP contribution in [0.25, 0.3) is 11.1 Å². The van der Waals surface area contributed by atoms with Crippen molar-refractivity contribution in [3.05, 3.63) is 23.2 Å². The fourth-order valence-electron chi connectivity index (χ4n) is 3.86. The van der Waals surface area contributed by atoms with Crippen LogP contribution in [0, 0.1) is 5.41 Å². The molecule has 0 radical (unpaired) electrons. The number of esters is 1. The van der Waals surface area contributed by atoms with Crippen molar-refractivity contribution in [2.24, 2.45) is 11.1 Å². The van der Waals surface area contributed by atoms with Gasteiger partial charge in [-0.25, -0.2) is 4.79 Å². The van der Waals surface area contributed by atoms with E-state index in [1.54, 1.807) is 18.2 Å². The Morgan fingerprint density at radius 2 is 2.23 bits per heavy atom. The van der Waals surface area contributed by atoms with Crippen LogP contribution in [0.4, 0.5) is 19.2 Å². The van der Waals surface area contributed by atoms with Gasteiger partial charge in [0.05, 0.1) is 0 Å². The number of carbonyl (C=O) groups excluding carboxylic acids is 1. The maximum atomic E-state index is 12.5. The van der Waals surface area contributed by atoms with Gasteiger partial charge in [0.2, 0.25) is 0 Å². The Balaban J connectivity index is 1.52. The average Bonchev–Trinajstić information content (AvgIpc) is 3.16. The van der Waals surface area contributed by atoms with Gasteiger partial charge in [-0.1, -0.05) is 11.6 Å². The first kappa shape index (κ1) is 17.4. The number of nitrogens with zero attached hydrogens (tertiary/aromatic N) is 2. The fourth-order valence-corrected chi connectivity index (χ4v) is 4.02. The number of hydrogen-bond acceptors (Lipinski definition) is 6. The molecule has 1 spiro atoms. The van der Waals surface area contributed by atoms with Crippen LogP contribution in [0.3, 0.4) is 0 Å². The summed E-state index contributed by atoms with van der Waals surface area (Å²) in [4.78, 5) is 17.4. The van der Waals surface area contributed by atoms with Gasteiger partial charge < -0.3 is 19.8 Å². The van der Waals surface area contributed by atoms with E-state index in [0.717, 1.165) is 0 Å². The lowest BCUT2D eigenvalue weighted by molar-refractivity contribution is -0.220. The summed E-state index contributed by atoms with van der Waals surface area (Å²) in [5.41, 5.74) is 6.36. The molecule has 10 heteroatoms. The summed E-state index contributed by atoms with van der Waals surface area (Å²) >= 11 is 5.93. The SMILES string of the molecule is NC1CC2(CCN(c3nc4ccc(Cl)cc4o3)C2)C1OC(=O)C(F)(F)F. The summed E-state index contributed by atoms with van der Waals surface area (Å²) in [7, 11) is 0. The summed E-state index contributed by atoms with van der Waals surface area (Å²) < 4.78 is 47.9. The molecule has 2 fully saturated rings. The lowest BCUT2D eigenvalue weighted by Crippen LogP contribution is -2.63. The Kier molecular flexibility index (Phi) is 3.85. The van der Waals surface area contributed by atoms with E-state index >= 15 is 0 Å². The van der Waals surface area contributed by atoms with Gasteiger partial charge in [-0.3, -0.25) is 0 Å². The van der Waals surface area contributed by atoms with Gasteiger partial charge in [-0.2, -0.15) is 18.2 Å². The minimum Gasteiger partial charge on any atom is -0.453 e. The van der Waals surface area contributed by atoms with E-state index in [1.807, 2.05) is 4.90 Å². The number of carbonyl (C=O) groups is 1. The summed E-state index contributed by atoms with van der Waals surface area (Å²) in [6, 6.07) is 4.82. The topological polar surface area (TPSA) is 81.6 Å². The minimum atomic E-state index is -5.03. The molecule has 6 nitrogen and oxygen atoms in total. The van der Waals surface area contributed by atoms with Crippen molar-refractivity contribution in [3.63, 3.8) is 0 Å². The Labute approximate surface area is 151 Å². The largest absolute Gasteiger partial charge is 0.490 e. The molecule has 1 aliphatic heterocycles. The van der Waals surface area contributed by atoms with Gasteiger partial charge >= 0.3 is 12.1 Å². The van der Waals surface area contributed by atoms with Crippen molar-refractivity contribution in [1.82, 2.24) is 4.98 Å². The minimum absolute atomic E-state index is 0.358. The van der Waals surface area contributed by atoms with Crippen molar-refractivity contribution < 1.29 is 27.1 Å². The fraction of sp³-hybridized carbons (Fsp3) is 0.500. The Morgan fingerprint density at radius 3 is 2.92 bits per heavy atom. The molecule has 1 aromatic carbocycles. The van der Waals surface area contributed by atoms with Crippen molar-refractivity contribution in [2.45, 2.75) is 31.2 Å². The average molecular weight is 390 g/mol. The number of oxazole rings is 1. The van der Waals surface area contributed by atoms with E-state index in [2.05, 4.69) is 9.72 Å². The molecule has 4 rings (SSSR count). The number of alkyl halides is 3. The molecular formula is C16H15ClF3N3O3. The predicted molar refractivity (Wildman–Crippen MR) is 86.8 cm³/mol. The van der Waals surface area contributed by atoms with Crippen molar-refractivity contribution in [3.8, 4) is 0 Å². The predicted octanol–water partition coefficient (Wildman–Crippen LogP) is 2.88. The standard InChI is InChI=1S/C16H15ClF3N3O3/c17-8-1-2-10-11(5-8)25-14(22-10)23-4-3-15(7-23)6-9(21)12(15)26-13(24)16(18,19)20/h1-2,5,9,12H,3-4,6-7,21H2. The van der Waals surface area contributed by atoms with Crippen LogP contribution in [0.15, 0.2) is 22.6 Å². The quantitative estimate of drug-likeness (QED) is 0.795. The molecule has 2 aliphatic rings. The number of rotatable bonds is 2. The summed E-state index contributed by atoms with van der Waals surface area (Å²) in [6.45, 7) is 0.879. The third kappa shape index (κ3) is 2.79. The molecule has 1 aromatic heterocycles. The number of nitrogens with two attached hydrogens (primary N) is 1. The van der Waals surface area contributed by atoms with E-state index in [4.69, 9.17) is 21.8 Å². The zero-order valence-electron chi connectivity index (χ0n) is 13.4. The second-order valence-corrected chi connectivity index (χ2v) is 7.27. The number of fused-ring (bicyclic) bond motifs is 1. The van der Waals surface area contributed by atoms with E-state index in [9.17, 15) is 18.0 Å². The van der Waals surface area contributed by atoms with Crippen LogP contribution in [0.2, 0.25) is 5.02 Å². The molecule has 2 heterocycles. The third-order valence-electron chi connectivity index (χ3n) is 5.10. The van der Waals surface area contributed by atoms with Crippen molar-refractivity contribution in [2.75, 3.05) is 18.0 Å². The second kappa shape index (κ2) is 5.75. The molecule has 26 heavy (non-hydrogen) atoms. The number of benzene rings is 1. The van der Waals surface area contributed by atoms with Gasteiger partial charge in [0, 0.05) is 35.6 Å². The monoisotopic (exact) mass is 389 g/mol. The van der Waals surface area contributed by atoms with E-state index < -0.39 is 29.7 Å². The molecule has 3 unspecified atom stereocenters. The smallest absolute Gasteiger partial charge is 0.453 e. The van der Waals surface area contributed by atoms with Crippen LogP contribution in [0.1, 0.15) is 12.8 Å². The number of aromatic nitrogens is 1. The molecule has 0 amide bonds. The highest BCUT2D eigenvalue weighted by molar-refractivity contribution is 6.31. The van der Waals surface area contributed by atoms with Crippen LogP contribution in [-0.4, -0.2) is 42.4 Å². The highest BCUT2D eigenvalue weighted by Crippen LogP contribution is 2.50. The molecule has 1 aliphatic carbocycles. The maximum Gasteiger partial charge on any atom is 0.490 e. The first-order valence-electron chi connectivity index (χ1n) is 8.02. The maximum absolute atomic E-state index is 12.5. The Hall–Kier alpha value is -2.00. The molecule has 2 aromatic rings. The molecule has 1 saturated carbocycles. The second-order valence-electron chi connectivity index (χ2n) is 6.83. The van der Waals surface area contributed by atoms with Crippen molar-refractivity contribution >= 4 is 34.7 Å². The van der Waals surface area contributed by atoms with Gasteiger partial charge in [0.1, 0.15) is 11.6 Å². The molecule has 140 valence electrons. The molecular weight excluding hydrogens is 375 g/mol. The van der Waals surface area contributed by atoms with Crippen LogP contribution >= 0.6 is 11.6 Å². The van der Waals surface area contributed by atoms with Gasteiger partial charge in [-0.05, 0) is 25.0 Å². The normalized spacial score (nSPS) is 28.6. The van der Waals surface area contributed by atoms with E-state index in [-0.39, 0.29) is 0 Å². The lowest BCUT2D eigenvalue weighted by atomic mass is 9.62. The van der Waals surface area contributed by atoms with Crippen LogP contribution in [0.5, 0.6) is 0 Å². The molecule has 3 atom stereocenters. The zero-order chi connectivity index (χ0) is 18.7. The number of ether oxygens (including phenoxy) is 1. The highest BCUT2D eigenvalue weighted by atomic mass is 35.5. The summed E-state index contributed by atoms with van der Waals surface area (Å²) in [6.07, 6.45) is -4.99. The zero-order valence-corrected chi connectivity index (χ0v) is 14.2. The third-order valence-corrected chi connectivity index (χ3v) is 5.33. The molecule has 1 saturated heterocycles. The summed E-state index contributed by atoms with van der Waals surface area (Å²) in [5.74, 6) is -2.20. The van der Waals surface area contributed by atoms with Crippen molar-refractivity contribution in [1.29, 1.82) is 0 Å². The molecule has 0 bridgehead atoms. The van der Waals surface area contributed by atoms with Crippen LogP contribution < -0.4 is 10.6 Å². The Bertz CT molecular complexity index is 871. The number of hydrogen-bond donors (Lipinski definition) is 1. The summed E-state index contributed by atoms with van der Waals surface area (Å²) in [5, 5.41) is 0.516. The van der Waals surface area contributed by atoms with E-state index in [1.165, 1.54) is 0 Å². The number of anilines is 1. The Morgan fingerprint density at radius 1 is 1.46 bits per heavy atom. The van der Waals surface area contributed by atoms with E-state index in [0.29, 0.717) is 48.1 Å². The van der Waals surface area contributed by atoms with Gasteiger partial charge in [-0.15, -0.1) is 0 Å².